The third-order valence-corrected chi connectivity index (χ3v) is 6.43. The van der Waals surface area contributed by atoms with Crippen LogP contribution in [0.25, 0.3) is 11.3 Å². The van der Waals surface area contributed by atoms with Gasteiger partial charge in [0.15, 0.2) is 11.6 Å². The van der Waals surface area contributed by atoms with Crippen molar-refractivity contribution >= 4 is 17.5 Å². The third-order valence-electron chi connectivity index (χ3n) is 6.43. The van der Waals surface area contributed by atoms with Crippen molar-refractivity contribution in [3.05, 3.63) is 36.3 Å². The molecule has 2 fully saturated rings. The second kappa shape index (κ2) is 10.8. The monoisotopic (exact) mass is 441 g/mol. The second-order valence-corrected chi connectivity index (χ2v) is 8.67. The highest BCUT2D eigenvalue weighted by Crippen LogP contribution is 2.24. The first kappa shape index (κ1) is 22.6. The number of aromatic nitrogens is 2. The standard InChI is InChI=1S/C24H32FN5O2/c1-2-19-4-3-18(15-27-19)24(31)30-22-13-17(7-10-26-22)21-6-5-20(25)23(29-21)28-14-16-8-11-32-12-9-16/h5-7,10,13,16,18-19,27H,2-4,8-9,11-12,14-15H2,1H3,(H,28,29)(H,26,30,31). The maximum Gasteiger partial charge on any atom is 0.229 e. The maximum absolute atomic E-state index is 14.3. The SMILES string of the molecule is CCC1CCC(C(=O)Nc2cc(-c3ccc(F)c(NCC4CCOCC4)n3)ccn2)CN1. The molecule has 7 nitrogen and oxygen atoms in total. The molecule has 4 rings (SSSR count). The highest BCUT2D eigenvalue weighted by atomic mass is 19.1. The number of rotatable bonds is 7. The molecule has 2 unspecified atom stereocenters. The lowest BCUT2D eigenvalue weighted by Gasteiger charge is -2.28. The molecule has 3 N–H and O–H groups in total. The minimum absolute atomic E-state index is 0.0254. The van der Waals surface area contributed by atoms with Gasteiger partial charge in [0.05, 0.1) is 11.6 Å². The Balaban J connectivity index is 1.40. The summed E-state index contributed by atoms with van der Waals surface area (Å²) in [5.74, 6) is 0.718. The molecule has 32 heavy (non-hydrogen) atoms. The van der Waals surface area contributed by atoms with Crippen LogP contribution >= 0.6 is 0 Å². The molecule has 0 spiro atoms. The Bertz CT molecular complexity index is 911. The van der Waals surface area contributed by atoms with E-state index in [1.54, 1.807) is 18.3 Å². The summed E-state index contributed by atoms with van der Waals surface area (Å²) >= 11 is 0. The Morgan fingerprint density at radius 1 is 1.22 bits per heavy atom. The van der Waals surface area contributed by atoms with E-state index in [2.05, 4.69) is 32.8 Å². The van der Waals surface area contributed by atoms with Crippen LogP contribution in [0.15, 0.2) is 30.5 Å². The predicted molar refractivity (Wildman–Crippen MR) is 123 cm³/mol. The Morgan fingerprint density at radius 2 is 2.06 bits per heavy atom. The Labute approximate surface area is 188 Å². The Hall–Kier alpha value is -2.58. The quantitative estimate of drug-likeness (QED) is 0.605. The Morgan fingerprint density at radius 3 is 2.81 bits per heavy atom. The third kappa shape index (κ3) is 5.81. The maximum atomic E-state index is 14.3. The summed E-state index contributed by atoms with van der Waals surface area (Å²) in [7, 11) is 0. The molecule has 0 bridgehead atoms. The lowest BCUT2D eigenvalue weighted by molar-refractivity contribution is -0.120. The average Bonchev–Trinajstić information content (AvgIpc) is 2.84. The van der Waals surface area contributed by atoms with Crippen molar-refractivity contribution in [3.63, 3.8) is 0 Å². The van der Waals surface area contributed by atoms with Crippen LogP contribution in [0.5, 0.6) is 0 Å². The number of halogens is 1. The summed E-state index contributed by atoms with van der Waals surface area (Å²) in [6, 6.07) is 7.16. The van der Waals surface area contributed by atoms with Crippen LogP contribution in [0.2, 0.25) is 0 Å². The van der Waals surface area contributed by atoms with Gasteiger partial charge in [0.2, 0.25) is 5.91 Å². The molecule has 0 saturated carbocycles. The van der Waals surface area contributed by atoms with E-state index in [4.69, 9.17) is 4.74 Å². The normalized spacial score (nSPS) is 21.8. The van der Waals surface area contributed by atoms with Gasteiger partial charge in [-0.25, -0.2) is 14.4 Å². The minimum atomic E-state index is -0.376. The van der Waals surface area contributed by atoms with Crippen LogP contribution in [-0.4, -0.2) is 48.2 Å². The number of carbonyl (C=O) groups is 1. The lowest BCUT2D eigenvalue weighted by atomic mass is 9.93. The molecular weight excluding hydrogens is 409 g/mol. The van der Waals surface area contributed by atoms with Gasteiger partial charge in [0.1, 0.15) is 5.82 Å². The number of ether oxygens (including phenoxy) is 1. The van der Waals surface area contributed by atoms with Crippen molar-refractivity contribution < 1.29 is 13.9 Å². The number of nitrogens with one attached hydrogen (secondary N) is 3. The molecule has 4 heterocycles. The van der Waals surface area contributed by atoms with Crippen LogP contribution in [0.1, 0.15) is 39.0 Å². The number of hydrogen-bond donors (Lipinski definition) is 3. The molecule has 0 aromatic carbocycles. The van der Waals surface area contributed by atoms with Gasteiger partial charge in [-0.15, -0.1) is 0 Å². The number of amides is 1. The number of nitrogens with zero attached hydrogens (tertiary/aromatic N) is 2. The van der Waals surface area contributed by atoms with E-state index >= 15 is 0 Å². The fourth-order valence-corrected chi connectivity index (χ4v) is 4.29. The van der Waals surface area contributed by atoms with Crippen molar-refractivity contribution in [2.75, 3.05) is 36.9 Å². The van der Waals surface area contributed by atoms with Gasteiger partial charge in [-0.05, 0) is 62.3 Å². The molecule has 2 saturated heterocycles. The van der Waals surface area contributed by atoms with Crippen molar-refractivity contribution in [3.8, 4) is 11.3 Å². The molecule has 0 radical (unpaired) electrons. The Kier molecular flexibility index (Phi) is 7.65. The average molecular weight is 442 g/mol. The topological polar surface area (TPSA) is 88.2 Å². The van der Waals surface area contributed by atoms with Crippen molar-refractivity contribution in [1.82, 2.24) is 15.3 Å². The van der Waals surface area contributed by atoms with E-state index in [0.717, 1.165) is 50.9 Å². The summed E-state index contributed by atoms with van der Waals surface area (Å²) in [5, 5.41) is 9.52. The van der Waals surface area contributed by atoms with Crippen LogP contribution in [0, 0.1) is 17.7 Å². The molecule has 2 aliphatic rings. The molecule has 8 heteroatoms. The molecular formula is C24H32FN5O2. The summed E-state index contributed by atoms with van der Waals surface area (Å²) in [5.41, 5.74) is 1.40. The number of piperidine rings is 1. The van der Waals surface area contributed by atoms with E-state index in [9.17, 15) is 9.18 Å². The van der Waals surface area contributed by atoms with Gasteiger partial charge < -0.3 is 20.7 Å². The molecule has 2 aromatic heterocycles. The summed E-state index contributed by atoms with van der Waals surface area (Å²) in [6.45, 7) is 5.02. The zero-order chi connectivity index (χ0) is 22.3. The summed E-state index contributed by atoms with van der Waals surface area (Å²) < 4.78 is 19.7. The zero-order valence-corrected chi connectivity index (χ0v) is 18.6. The van der Waals surface area contributed by atoms with E-state index < -0.39 is 0 Å². The number of pyridine rings is 2. The van der Waals surface area contributed by atoms with Gasteiger partial charge in [0.25, 0.3) is 0 Å². The summed E-state index contributed by atoms with van der Waals surface area (Å²) in [4.78, 5) is 21.4. The zero-order valence-electron chi connectivity index (χ0n) is 18.6. The van der Waals surface area contributed by atoms with Crippen LogP contribution < -0.4 is 16.0 Å². The fraction of sp³-hybridized carbons (Fsp3) is 0.542. The number of anilines is 2. The second-order valence-electron chi connectivity index (χ2n) is 8.67. The molecule has 1 amide bonds. The van der Waals surface area contributed by atoms with Crippen molar-refractivity contribution in [2.24, 2.45) is 11.8 Å². The van der Waals surface area contributed by atoms with Crippen LogP contribution in [0.4, 0.5) is 16.0 Å². The van der Waals surface area contributed by atoms with Gasteiger partial charge in [-0.1, -0.05) is 6.92 Å². The largest absolute Gasteiger partial charge is 0.381 e. The van der Waals surface area contributed by atoms with Crippen LogP contribution in [0.3, 0.4) is 0 Å². The van der Waals surface area contributed by atoms with E-state index in [-0.39, 0.29) is 23.5 Å². The minimum Gasteiger partial charge on any atom is -0.381 e. The van der Waals surface area contributed by atoms with Crippen molar-refractivity contribution in [2.45, 2.75) is 45.1 Å². The fourth-order valence-electron chi connectivity index (χ4n) is 4.29. The van der Waals surface area contributed by atoms with Gasteiger partial charge in [-0.3, -0.25) is 4.79 Å². The van der Waals surface area contributed by atoms with Gasteiger partial charge in [0, 0.05) is 44.1 Å². The van der Waals surface area contributed by atoms with E-state index in [0.29, 0.717) is 36.6 Å². The first-order chi connectivity index (χ1) is 15.6. The highest BCUT2D eigenvalue weighted by molar-refractivity contribution is 5.92. The summed E-state index contributed by atoms with van der Waals surface area (Å²) in [6.07, 6.45) is 6.53. The first-order valence-electron chi connectivity index (χ1n) is 11.6. The van der Waals surface area contributed by atoms with Gasteiger partial charge in [-0.2, -0.15) is 0 Å². The molecule has 0 aliphatic carbocycles. The molecule has 2 aliphatic heterocycles. The van der Waals surface area contributed by atoms with E-state index in [1.165, 1.54) is 6.07 Å². The highest BCUT2D eigenvalue weighted by Gasteiger charge is 2.25. The number of hydrogen-bond acceptors (Lipinski definition) is 6. The molecule has 172 valence electrons. The number of carbonyl (C=O) groups excluding carboxylic acids is 1. The smallest absolute Gasteiger partial charge is 0.229 e. The molecule has 2 atom stereocenters. The molecule has 2 aromatic rings. The lowest BCUT2D eigenvalue weighted by Crippen LogP contribution is -2.43. The van der Waals surface area contributed by atoms with E-state index in [1.807, 2.05) is 6.07 Å². The van der Waals surface area contributed by atoms with Gasteiger partial charge >= 0.3 is 0 Å². The van der Waals surface area contributed by atoms with Crippen LogP contribution in [-0.2, 0) is 9.53 Å². The first-order valence-corrected chi connectivity index (χ1v) is 11.6. The van der Waals surface area contributed by atoms with Crippen molar-refractivity contribution in [1.29, 1.82) is 0 Å². The predicted octanol–water partition coefficient (Wildman–Crippen LogP) is 3.84.